The van der Waals surface area contributed by atoms with Gasteiger partial charge in [-0.25, -0.2) is 0 Å². The van der Waals surface area contributed by atoms with Gasteiger partial charge in [-0.2, -0.15) is 15.0 Å². The quantitative estimate of drug-likeness (QED) is 0.0378. The normalized spacial score (nSPS) is 11.1. The van der Waals surface area contributed by atoms with Gasteiger partial charge in [-0.1, -0.05) is 193 Å². The van der Waals surface area contributed by atoms with Crippen LogP contribution in [-0.4, -0.2) is 34.8 Å². The summed E-state index contributed by atoms with van der Waals surface area (Å²) in [7, 11) is 0. The lowest BCUT2D eigenvalue weighted by Crippen LogP contribution is -2.08. The zero-order chi connectivity index (χ0) is 44.3. The van der Waals surface area contributed by atoms with Crippen LogP contribution in [-0.2, 0) is 0 Å². The van der Waals surface area contributed by atoms with Crippen molar-refractivity contribution in [3.63, 3.8) is 0 Å². The maximum atomic E-state index is 6.17. The number of ether oxygens (including phenoxy) is 3. The lowest BCUT2D eigenvalue weighted by atomic mass is 10.1. The summed E-state index contributed by atoms with van der Waals surface area (Å²) in [6.45, 7) is 8.93. The Kier molecular flexibility index (Phi) is 27.5. The number of hydrogen-bond acceptors (Lipinski definition) is 9. The summed E-state index contributed by atoms with van der Waals surface area (Å²) in [5.74, 6) is 3.68. The topological polar surface area (TPSA) is 102 Å². The van der Waals surface area contributed by atoms with E-state index in [0.29, 0.717) is 37.7 Å². The Labute approximate surface area is 382 Å². The number of aromatic nitrogens is 3. The van der Waals surface area contributed by atoms with Crippen molar-refractivity contribution in [3.8, 4) is 17.2 Å². The fraction of sp³-hybridized carbons (Fsp3) is 0.611. The van der Waals surface area contributed by atoms with Crippen LogP contribution in [0.25, 0.3) is 0 Å². The van der Waals surface area contributed by atoms with Crippen molar-refractivity contribution >= 4 is 34.9 Å². The Morgan fingerprint density at radius 3 is 0.810 bits per heavy atom. The molecule has 3 N–H and O–H groups in total. The van der Waals surface area contributed by atoms with Gasteiger partial charge in [-0.05, 0) is 55.7 Å². The third kappa shape index (κ3) is 24.2. The van der Waals surface area contributed by atoms with E-state index in [9.17, 15) is 0 Å². The van der Waals surface area contributed by atoms with Gasteiger partial charge in [0.1, 0.15) is 17.2 Å². The van der Waals surface area contributed by atoms with Crippen molar-refractivity contribution in [2.45, 2.75) is 194 Å². The van der Waals surface area contributed by atoms with Gasteiger partial charge >= 0.3 is 0 Å². The molecule has 0 atom stereocenters. The van der Waals surface area contributed by atoms with Crippen molar-refractivity contribution in [1.82, 2.24) is 15.0 Å². The fourth-order valence-corrected chi connectivity index (χ4v) is 7.73. The SMILES string of the molecule is CCCCCCCCCCCOc1cccc(Nc2nc(Nc3cccc(OCCCCCCCCCCC)c3)nc(Nc3cccc(OCCCCCCCCCCC)c3)n2)c1. The van der Waals surface area contributed by atoms with Crippen LogP contribution in [0.15, 0.2) is 72.8 Å². The van der Waals surface area contributed by atoms with Gasteiger partial charge in [0.05, 0.1) is 19.8 Å². The van der Waals surface area contributed by atoms with Crippen LogP contribution in [0.4, 0.5) is 34.9 Å². The van der Waals surface area contributed by atoms with E-state index < -0.39 is 0 Å². The second-order valence-electron chi connectivity index (χ2n) is 17.3. The number of unbranched alkanes of at least 4 members (excludes halogenated alkanes) is 24. The first-order chi connectivity index (χ1) is 31.1. The minimum atomic E-state index is 0.404. The molecule has 3 aromatic carbocycles. The monoisotopic (exact) mass is 865 g/mol. The summed E-state index contributed by atoms with van der Waals surface area (Å²) in [5.41, 5.74) is 2.50. The summed E-state index contributed by atoms with van der Waals surface area (Å²) in [6.07, 6.45) is 34.8. The molecule has 9 heteroatoms. The second kappa shape index (κ2) is 34.0. The van der Waals surface area contributed by atoms with Crippen molar-refractivity contribution in [2.75, 3.05) is 35.8 Å². The molecule has 0 fully saturated rings. The number of nitrogens with one attached hydrogen (secondary N) is 3. The smallest absolute Gasteiger partial charge is 0.233 e. The maximum Gasteiger partial charge on any atom is 0.233 e. The van der Waals surface area contributed by atoms with E-state index in [-0.39, 0.29) is 0 Å². The molecule has 0 radical (unpaired) electrons. The number of nitrogens with zero attached hydrogens (tertiary/aromatic N) is 3. The van der Waals surface area contributed by atoms with Crippen LogP contribution < -0.4 is 30.2 Å². The molecule has 4 aromatic rings. The number of rotatable bonds is 39. The van der Waals surface area contributed by atoms with E-state index in [2.05, 4.69) is 36.7 Å². The minimum Gasteiger partial charge on any atom is -0.494 e. The summed E-state index contributed by atoms with van der Waals surface area (Å²) in [5, 5.41) is 10.2. The molecule has 0 unspecified atom stereocenters. The molecule has 9 nitrogen and oxygen atoms in total. The summed E-state index contributed by atoms with van der Waals surface area (Å²) in [6, 6.07) is 24.0. The van der Waals surface area contributed by atoms with Crippen LogP contribution >= 0.6 is 0 Å². The molecule has 0 aliphatic carbocycles. The first-order valence-electron chi connectivity index (χ1n) is 25.4. The van der Waals surface area contributed by atoms with Crippen molar-refractivity contribution in [1.29, 1.82) is 0 Å². The second-order valence-corrected chi connectivity index (χ2v) is 17.3. The van der Waals surface area contributed by atoms with Crippen LogP contribution in [0.5, 0.6) is 17.2 Å². The van der Waals surface area contributed by atoms with Crippen molar-refractivity contribution in [2.24, 2.45) is 0 Å². The standard InChI is InChI=1S/C54H84N6O3/c1-4-7-10-13-16-19-22-25-28-40-61-49-37-31-34-46(43-49)55-52-58-53(56-47-35-32-38-50(44-47)62-41-29-26-23-20-17-14-11-8-5-2)60-54(59-52)57-48-36-33-39-51(45-48)63-42-30-27-24-21-18-15-12-9-6-3/h31-39,43-45H,4-30,40-42H2,1-3H3,(H3,55,56,57,58,59,60). The van der Waals surface area contributed by atoms with Crippen molar-refractivity contribution in [3.05, 3.63) is 72.8 Å². The Morgan fingerprint density at radius 1 is 0.317 bits per heavy atom. The first-order valence-corrected chi connectivity index (χ1v) is 25.4. The van der Waals surface area contributed by atoms with Crippen LogP contribution in [0.1, 0.15) is 194 Å². The Morgan fingerprint density at radius 2 is 0.556 bits per heavy atom. The highest BCUT2D eigenvalue weighted by Gasteiger charge is 2.11. The highest BCUT2D eigenvalue weighted by Crippen LogP contribution is 2.27. The molecule has 0 spiro atoms. The highest BCUT2D eigenvalue weighted by molar-refractivity contribution is 5.63. The third-order valence-electron chi connectivity index (χ3n) is 11.5. The molecule has 0 saturated heterocycles. The molecule has 0 aliphatic rings. The van der Waals surface area contributed by atoms with E-state index in [1.807, 2.05) is 72.8 Å². The molecule has 0 aliphatic heterocycles. The fourth-order valence-electron chi connectivity index (χ4n) is 7.73. The summed E-state index contributed by atoms with van der Waals surface area (Å²) in [4.78, 5) is 14.4. The predicted octanol–water partition coefficient (Wildman–Crippen LogP) is 16.8. The Bertz CT molecular complexity index is 1530. The van der Waals surface area contributed by atoms with Crippen LogP contribution in [0, 0.1) is 0 Å². The first kappa shape index (κ1) is 51.1. The molecule has 1 heterocycles. The average Bonchev–Trinajstić information content (AvgIpc) is 3.28. The van der Waals surface area contributed by atoms with Gasteiger partial charge in [0.2, 0.25) is 17.8 Å². The number of anilines is 6. The van der Waals surface area contributed by atoms with Gasteiger partial charge in [0.15, 0.2) is 0 Å². The molecule has 1 aromatic heterocycles. The maximum absolute atomic E-state index is 6.17. The molecule has 0 amide bonds. The third-order valence-corrected chi connectivity index (χ3v) is 11.5. The molecule has 63 heavy (non-hydrogen) atoms. The number of hydrogen-bond donors (Lipinski definition) is 3. The predicted molar refractivity (Wildman–Crippen MR) is 267 cm³/mol. The number of benzene rings is 3. The molecule has 348 valence electrons. The zero-order valence-electron chi connectivity index (χ0n) is 39.7. The zero-order valence-corrected chi connectivity index (χ0v) is 39.7. The minimum absolute atomic E-state index is 0.404. The van der Waals surface area contributed by atoms with Gasteiger partial charge < -0.3 is 30.2 Å². The van der Waals surface area contributed by atoms with Crippen LogP contribution in [0.3, 0.4) is 0 Å². The summed E-state index contributed by atoms with van der Waals surface area (Å²) >= 11 is 0. The van der Waals surface area contributed by atoms with E-state index in [4.69, 9.17) is 29.2 Å². The van der Waals surface area contributed by atoms with Gasteiger partial charge in [0.25, 0.3) is 0 Å². The summed E-state index contributed by atoms with van der Waals surface area (Å²) < 4.78 is 18.5. The van der Waals surface area contributed by atoms with Gasteiger partial charge in [0, 0.05) is 35.3 Å². The molecule has 4 rings (SSSR count). The largest absolute Gasteiger partial charge is 0.494 e. The molecule has 0 saturated carbocycles. The average molecular weight is 865 g/mol. The van der Waals surface area contributed by atoms with Crippen molar-refractivity contribution < 1.29 is 14.2 Å². The lowest BCUT2D eigenvalue weighted by molar-refractivity contribution is 0.304. The van der Waals surface area contributed by atoms with Crippen LogP contribution in [0.2, 0.25) is 0 Å². The van der Waals surface area contributed by atoms with E-state index in [1.165, 1.54) is 154 Å². The Balaban J connectivity index is 1.34. The molecule has 0 bridgehead atoms. The van der Waals surface area contributed by atoms with Gasteiger partial charge in [-0.3, -0.25) is 0 Å². The Hall–Kier alpha value is -4.53. The van der Waals surface area contributed by atoms with E-state index in [0.717, 1.165) is 53.6 Å². The molecular formula is C54H84N6O3. The van der Waals surface area contributed by atoms with E-state index >= 15 is 0 Å². The lowest BCUT2D eigenvalue weighted by Gasteiger charge is -2.14. The molecular weight excluding hydrogens is 781 g/mol. The highest BCUT2D eigenvalue weighted by atomic mass is 16.5. The van der Waals surface area contributed by atoms with E-state index in [1.54, 1.807) is 0 Å². The van der Waals surface area contributed by atoms with Gasteiger partial charge in [-0.15, -0.1) is 0 Å².